The highest BCUT2D eigenvalue weighted by Gasteiger charge is 1.90. The molecular formula is C11H14N2. The predicted molar refractivity (Wildman–Crippen MR) is 57.1 cm³/mol. The lowest BCUT2D eigenvalue weighted by Gasteiger charge is -1.96. The smallest absolute Gasteiger partial charge is 0.0406 e. The number of rotatable bonds is 3. The van der Waals surface area contributed by atoms with Gasteiger partial charge in [-0.05, 0) is 30.2 Å². The Labute approximate surface area is 79.0 Å². The van der Waals surface area contributed by atoms with E-state index in [0.29, 0.717) is 0 Å². The largest absolute Gasteiger partial charge is 0.297 e. The van der Waals surface area contributed by atoms with Crippen LogP contribution < -0.4 is 0 Å². The van der Waals surface area contributed by atoms with Crippen LogP contribution in [0, 0.1) is 0 Å². The fourth-order valence-corrected chi connectivity index (χ4v) is 1.03. The minimum atomic E-state index is 0.976. The molecule has 0 aliphatic heterocycles. The molecule has 0 aromatic carbocycles. The Bertz CT molecular complexity index is 314. The number of aromatic nitrogens is 1. The monoisotopic (exact) mass is 174 g/mol. The Morgan fingerprint density at radius 3 is 3.08 bits per heavy atom. The lowest BCUT2D eigenvalue weighted by Crippen LogP contribution is -1.85. The molecule has 1 heterocycles. The number of aryl methyl sites for hydroxylation is 1. The molecular weight excluding hydrogens is 160 g/mol. The van der Waals surface area contributed by atoms with Crippen molar-refractivity contribution >= 4 is 12.3 Å². The fourth-order valence-electron chi connectivity index (χ4n) is 1.03. The van der Waals surface area contributed by atoms with Gasteiger partial charge in [0, 0.05) is 25.2 Å². The molecule has 1 aromatic heterocycles. The van der Waals surface area contributed by atoms with Crippen LogP contribution in [0.15, 0.2) is 29.4 Å². The van der Waals surface area contributed by atoms with E-state index in [4.69, 9.17) is 0 Å². The molecule has 68 valence electrons. The summed E-state index contributed by atoms with van der Waals surface area (Å²) in [5.41, 5.74) is 2.29. The van der Waals surface area contributed by atoms with Crippen molar-refractivity contribution in [3.8, 4) is 0 Å². The van der Waals surface area contributed by atoms with Crippen molar-refractivity contribution in [2.45, 2.75) is 13.3 Å². The first-order chi connectivity index (χ1) is 6.36. The first kappa shape index (κ1) is 9.65. The molecule has 1 aromatic rings. The van der Waals surface area contributed by atoms with Crippen LogP contribution in [0.25, 0.3) is 6.08 Å². The van der Waals surface area contributed by atoms with Crippen LogP contribution in [0.5, 0.6) is 0 Å². The van der Waals surface area contributed by atoms with Crippen LogP contribution in [0.3, 0.4) is 0 Å². The molecule has 2 heteroatoms. The molecule has 13 heavy (non-hydrogen) atoms. The number of hydrogen-bond acceptors (Lipinski definition) is 2. The third-order valence-electron chi connectivity index (χ3n) is 1.73. The summed E-state index contributed by atoms with van der Waals surface area (Å²) >= 11 is 0. The summed E-state index contributed by atoms with van der Waals surface area (Å²) in [6.07, 6.45) is 8.53. The molecule has 0 atom stereocenters. The van der Waals surface area contributed by atoms with Gasteiger partial charge in [-0.1, -0.05) is 13.0 Å². The van der Waals surface area contributed by atoms with Crippen LogP contribution in [-0.2, 0) is 6.42 Å². The minimum absolute atomic E-state index is 0.976. The summed E-state index contributed by atoms with van der Waals surface area (Å²) in [6, 6.07) is 4.07. The Kier molecular flexibility index (Phi) is 3.89. The Balaban J connectivity index is 2.77. The van der Waals surface area contributed by atoms with E-state index in [1.165, 1.54) is 5.56 Å². The predicted octanol–water partition coefficient (Wildman–Crippen LogP) is 2.36. The summed E-state index contributed by atoms with van der Waals surface area (Å²) in [6.45, 7) is 2.10. The quantitative estimate of drug-likeness (QED) is 0.646. The average Bonchev–Trinajstić information content (AvgIpc) is 2.19. The highest BCUT2D eigenvalue weighted by molar-refractivity contribution is 5.78. The van der Waals surface area contributed by atoms with Gasteiger partial charge in [-0.2, -0.15) is 0 Å². The Morgan fingerprint density at radius 1 is 1.54 bits per heavy atom. The minimum Gasteiger partial charge on any atom is -0.297 e. The summed E-state index contributed by atoms with van der Waals surface area (Å²) in [5.74, 6) is 0. The first-order valence-corrected chi connectivity index (χ1v) is 4.40. The van der Waals surface area contributed by atoms with Gasteiger partial charge in [0.15, 0.2) is 0 Å². The standard InChI is InChI=1S/C11H14N2/c1-3-11-9-10(6-8-13-11)5-4-7-12-2/h4-9H,3H2,1-2H3/b5-4-,12-7?. The number of hydrogen-bond donors (Lipinski definition) is 0. The summed E-state index contributed by atoms with van der Waals surface area (Å²) in [4.78, 5) is 8.08. The lowest BCUT2D eigenvalue weighted by molar-refractivity contribution is 1.03. The van der Waals surface area contributed by atoms with Crippen molar-refractivity contribution in [3.05, 3.63) is 35.7 Å². The maximum absolute atomic E-state index is 4.22. The molecule has 0 bridgehead atoms. The molecule has 0 N–H and O–H groups in total. The second kappa shape index (κ2) is 5.25. The number of nitrogens with zero attached hydrogens (tertiary/aromatic N) is 2. The van der Waals surface area contributed by atoms with Gasteiger partial charge in [0.25, 0.3) is 0 Å². The van der Waals surface area contributed by atoms with Crippen molar-refractivity contribution in [1.82, 2.24) is 4.98 Å². The summed E-state index contributed by atoms with van der Waals surface area (Å²) < 4.78 is 0. The normalized spacial score (nSPS) is 11.5. The molecule has 0 saturated heterocycles. The SMILES string of the molecule is CCc1cc(/C=C\C=NC)ccn1. The van der Waals surface area contributed by atoms with E-state index in [1.54, 1.807) is 13.3 Å². The van der Waals surface area contributed by atoms with Crippen LogP contribution in [-0.4, -0.2) is 18.2 Å². The van der Waals surface area contributed by atoms with Crippen molar-refractivity contribution in [1.29, 1.82) is 0 Å². The number of pyridine rings is 1. The van der Waals surface area contributed by atoms with E-state index in [-0.39, 0.29) is 0 Å². The van der Waals surface area contributed by atoms with Crippen LogP contribution in [0.4, 0.5) is 0 Å². The zero-order valence-electron chi connectivity index (χ0n) is 8.07. The molecule has 0 unspecified atom stereocenters. The maximum Gasteiger partial charge on any atom is 0.0406 e. The van der Waals surface area contributed by atoms with Crippen molar-refractivity contribution < 1.29 is 0 Å². The molecule has 0 spiro atoms. The second-order valence-corrected chi connectivity index (χ2v) is 2.70. The van der Waals surface area contributed by atoms with E-state index in [2.05, 4.69) is 23.0 Å². The number of aliphatic imine (C=N–C) groups is 1. The molecule has 0 aliphatic rings. The molecule has 0 amide bonds. The summed E-state index contributed by atoms with van der Waals surface area (Å²) in [5, 5.41) is 0. The second-order valence-electron chi connectivity index (χ2n) is 2.70. The molecule has 1 rings (SSSR count). The molecule has 0 radical (unpaired) electrons. The topological polar surface area (TPSA) is 25.2 Å². The van der Waals surface area contributed by atoms with Gasteiger partial charge in [-0.15, -0.1) is 0 Å². The van der Waals surface area contributed by atoms with E-state index >= 15 is 0 Å². The first-order valence-electron chi connectivity index (χ1n) is 4.40. The Morgan fingerprint density at radius 2 is 2.38 bits per heavy atom. The van der Waals surface area contributed by atoms with E-state index in [1.807, 2.05) is 24.4 Å². The zero-order valence-corrected chi connectivity index (χ0v) is 8.07. The third kappa shape index (κ3) is 3.20. The molecule has 0 aliphatic carbocycles. The van der Waals surface area contributed by atoms with Gasteiger partial charge in [0.1, 0.15) is 0 Å². The summed E-state index contributed by atoms with van der Waals surface area (Å²) in [7, 11) is 1.76. The van der Waals surface area contributed by atoms with Crippen molar-refractivity contribution in [3.63, 3.8) is 0 Å². The fraction of sp³-hybridized carbons (Fsp3) is 0.273. The molecule has 0 fully saturated rings. The van der Waals surface area contributed by atoms with E-state index in [0.717, 1.165) is 12.1 Å². The van der Waals surface area contributed by atoms with E-state index in [9.17, 15) is 0 Å². The Hall–Kier alpha value is -1.44. The van der Waals surface area contributed by atoms with Gasteiger partial charge in [0.05, 0.1) is 0 Å². The van der Waals surface area contributed by atoms with Crippen LogP contribution in [0.2, 0.25) is 0 Å². The molecule has 0 saturated carbocycles. The van der Waals surface area contributed by atoms with Crippen LogP contribution in [0.1, 0.15) is 18.2 Å². The zero-order chi connectivity index (χ0) is 9.52. The highest BCUT2D eigenvalue weighted by atomic mass is 14.7. The lowest BCUT2D eigenvalue weighted by atomic mass is 10.2. The third-order valence-corrected chi connectivity index (χ3v) is 1.73. The van der Waals surface area contributed by atoms with Crippen molar-refractivity contribution in [2.75, 3.05) is 7.05 Å². The van der Waals surface area contributed by atoms with Gasteiger partial charge >= 0.3 is 0 Å². The van der Waals surface area contributed by atoms with E-state index < -0.39 is 0 Å². The van der Waals surface area contributed by atoms with Gasteiger partial charge < -0.3 is 0 Å². The maximum atomic E-state index is 4.22. The van der Waals surface area contributed by atoms with Gasteiger partial charge in [-0.3, -0.25) is 9.98 Å². The van der Waals surface area contributed by atoms with Crippen LogP contribution >= 0.6 is 0 Å². The molecule has 2 nitrogen and oxygen atoms in total. The van der Waals surface area contributed by atoms with Gasteiger partial charge in [-0.25, -0.2) is 0 Å². The highest BCUT2D eigenvalue weighted by Crippen LogP contribution is 2.03. The van der Waals surface area contributed by atoms with Crippen molar-refractivity contribution in [2.24, 2.45) is 4.99 Å². The van der Waals surface area contributed by atoms with Gasteiger partial charge in [0.2, 0.25) is 0 Å². The number of allylic oxidation sites excluding steroid dienone is 1. The average molecular weight is 174 g/mol.